The number of nitrogens with zero attached hydrogens (tertiary/aromatic N) is 1. The second-order valence-electron chi connectivity index (χ2n) is 4.75. The first-order valence-corrected chi connectivity index (χ1v) is 8.16. The molecule has 0 aliphatic carbocycles. The minimum absolute atomic E-state index is 0.695. The Morgan fingerprint density at radius 1 is 1.38 bits per heavy atom. The van der Waals surface area contributed by atoms with Crippen LogP contribution in [0.4, 0.5) is 10.8 Å². The van der Waals surface area contributed by atoms with Crippen LogP contribution < -0.4 is 15.4 Å². The molecule has 1 aromatic heterocycles. The molecule has 6 heteroatoms. The van der Waals surface area contributed by atoms with Gasteiger partial charge in [-0.15, -0.1) is 11.3 Å². The van der Waals surface area contributed by atoms with Crippen molar-refractivity contribution in [2.45, 2.75) is 26.8 Å². The zero-order chi connectivity index (χ0) is 15.2. The summed E-state index contributed by atoms with van der Waals surface area (Å²) < 4.78 is 5.36. The summed E-state index contributed by atoms with van der Waals surface area (Å²) in [5.41, 5.74) is 2.92. The molecule has 0 aliphatic rings. The number of thiazole rings is 1. The maximum atomic E-state index is 6.11. The highest BCUT2D eigenvalue weighted by Gasteiger charge is 2.09. The summed E-state index contributed by atoms with van der Waals surface area (Å²) in [6.45, 7) is 5.92. The molecule has 1 heterocycles. The summed E-state index contributed by atoms with van der Waals surface area (Å²) in [6.07, 6.45) is 1.12. The highest BCUT2D eigenvalue weighted by atomic mass is 35.5. The molecule has 0 unspecified atom stereocenters. The van der Waals surface area contributed by atoms with Gasteiger partial charge in [0.2, 0.25) is 0 Å². The van der Waals surface area contributed by atoms with Crippen molar-refractivity contribution >= 4 is 33.8 Å². The number of hydrogen-bond acceptors (Lipinski definition) is 5. The van der Waals surface area contributed by atoms with E-state index in [0.717, 1.165) is 41.6 Å². The van der Waals surface area contributed by atoms with Crippen LogP contribution in [0.15, 0.2) is 17.5 Å². The number of benzene rings is 1. The summed E-state index contributed by atoms with van der Waals surface area (Å²) in [6, 6.07) is 3.79. The third-order valence-electron chi connectivity index (χ3n) is 3.01. The van der Waals surface area contributed by atoms with Gasteiger partial charge in [-0.05, 0) is 31.5 Å². The second kappa shape index (κ2) is 7.64. The van der Waals surface area contributed by atoms with Gasteiger partial charge in [0.15, 0.2) is 5.13 Å². The van der Waals surface area contributed by atoms with Crippen molar-refractivity contribution in [3.8, 4) is 5.75 Å². The number of aryl methyl sites for hydroxylation is 1. The lowest BCUT2D eigenvalue weighted by Crippen LogP contribution is -2.13. The normalized spacial score (nSPS) is 10.7. The van der Waals surface area contributed by atoms with Crippen LogP contribution in [0.3, 0.4) is 0 Å². The van der Waals surface area contributed by atoms with E-state index in [1.54, 1.807) is 18.4 Å². The molecule has 2 aromatic rings. The SMILES string of the molecule is CCCNCc1csc(Nc2cc(C)c(Cl)cc2OC)n1. The van der Waals surface area contributed by atoms with Gasteiger partial charge in [0.05, 0.1) is 18.5 Å². The van der Waals surface area contributed by atoms with E-state index in [9.17, 15) is 0 Å². The van der Waals surface area contributed by atoms with Crippen LogP contribution in [0, 0.1) is 6.92 Å². The zero-order valence-electron chi connectivity index (χ0n) is 12.5. The first kappa shape index (κ1) is 16.1. The van der Waals surface area contributed by atoms with Crippen molar-refractivity contribution in [3.63, 3.8) is 0 Å². The molecule has 2 rings (SSSR count). The molecule has 0 spiro atoms. The Bertz CT molecular complexity index is 601. The number of halogens is 1. The number of ether oxygens (including phenoxy) is 1. The molecule has 0 atom stereocenters. The maximum Gasteiger partial charge on any atom is 0.187 e. The van der Waals surface area contributed by atoms with Crippen LogP contribution in [-0.4, -0.2) is 18.6 Å². The fourth-order valence-corrected chi connectivity index (χ4v) is 2.76. The standard InChI is InChI=1S/C15H20ClN3OS/c1-4-5-17-8-11-9-21-15(18-11)19-13-6-10(2)12(16)7-14(13)20-3/h6-7,9,17H,4-5,8H2,1-3H3,(H,18,19). The van der Waals surface area contributed by atoms with Gasteiger partial charge in [-0.1, -0.05) is 18.5 Å². The van der Waals surface area contributed by atoms with Crippen molar-refractivity contribution in [1.29, 1.82) is 0 Å². The third kappa shape index (κ3) is 4.33. The van der Waals surface area contributed by atoms with E-state index in [2.05, 4.69) is 27.9 Å². The number of hydrogen-bond donors (Lipinski definition) is 2. The number of rotatable bonds is 7. The topological polar surface area (TPSA) is 46.2 Å². The zero-order valence-corrected chi connectivity index (χ0v) is 14.1. The monoisotopic (exact) mass is 325 g/mol. The molecule has 0 fully saturated rings. The Kier molecular flexibility index (Phi) is 5.85. The molecule has 0 saturated heterocycles. The summed E-state index contributed by atoms with van der Waals surface area (Å²) in [5.74, 6) is 0.714. The predicted molar refractivity (Wildman–Crippen MR) is 90.1 cm³/mol. The van der Waals surface area contributed by atoms with E-state index < -0.39 is 0 Å². The van der Waals surface area contributed by atoms with Gasteiger partial charge in [-0.25, -0.2) is 4.98 Å². The Balaban J connectivity index is 2.09. The molecule has 1 aromatic carbocycles. The Morgan fingerprint density at radius 3 is 2.90 bits per heavy atom. The quantitative estimate of drug-likeness (QED) is 0.743. The molecule has 4 nitrogen and oxygen atoms in total. The molecule has 0 amide bonds. The first-order chi connectivity index (χ1) is 10.1. The van der Waals surface area contributed by atoms with Gasteiger partial charge >= 0.3 is 0 Å². The average molecular weight is 326 g/mol. The van der Waals surface area contributed by atoms with Gasteiger partial charge in [0.25, 0.3) is 0 Å². The third-order valence-corrected chi connectivity index (χ3v) is 4.22. The number of anilines is 2. The Labute approximate surface area is 134 Å². The van der Waals surface area contributed by atoms with Gasteiger partial charge < -0.3 is 15.4 Å². The van der Waals surface area contributed by atoms with Gasteiger partial charge in [-0.3, -0.25) is 0 Å². The van der Waals surface area contributed by atoms with Crippen LogP contribution >= 0.6 is 22.9 Å². The summed E-state index contributed by atoms with van der Waals surface area (Å²) in [7, 11) is 1.63. The highest BCUT2D eigenvalue weighted by molar-refractivity contribution is 7.13. The maximum absolute atomic E-state index is 6.11. The van der Waals surface area contributed by atoms with Crippen molar-refractivity contribution in [2.24, 2.45) is 0 Å². The fourth-order valence-electron chi connectivity index (χ4n) is 1.88. The lowest BCUT2D eigenvalue weighted by Gasteiger charge is -2.11. The molecule has 0 bridgehead atoms. The fraction of sp³-hybridized carbons (Fsp3) is 0.400. The second-order valence-corrected chi connectivity index (χ2v) is 6.01. The number of aromatic nitrogens is 1. The molecule has 0 saturated carbocycles. The number of nitrogens with one attached hydrogen (secondary N) is 2. The van der Waals surface area contributed by atoms with Crippen molar-refractivity contribution in [1.82, 2.24) is 10.3 Å². The molecular weight excluding hydrogens is 306 g/mol. The molecular formula is C15H20ClN3OS. The summed E-state index contributed by atoms with van der Waals surface area (Å²) in [5, 5.41) is 10.2. The lowest BCUT2D eigenvalue weighted by molar-refractivity contribution is 0.417. The van der Waals surface area contributed by atoms with Crippen LogP contribution in [0.2, 0.25) is 5.02 Å². The van der Waals surface area contributed by atoms with Crippen LogP contribution in [0.1, 0.15) is 24.6 Å². The smallest absolute Gasteiger partial charge is 0.187 e. The van der Waals surface area contributed by atoms with Gasteiger partial charge in [0.1, 0.15) is 5.75 Å². The van der Waals surface area contributed by atoms with E-state index in [4.69, 9.17) is 16.3 Å². The van der Waals surface area contributed by atoms with Crippen LogP contribution in [0.25, 0.3) is 0 Å². The average Bonchev–Trinajstić information content (AvgIpc) is 2.90. The summed E-state index contributed by atoms with van der Waals surface area (Å²) >= 11 is 7.69. The van der Waals surface area contributed by atoms with E-state index in [-0.39, 0.29) is 0 Å². The van der Waals surface area contributed by atoms with E-state index in [1.165, 1.54) is 0 Å². The molecule has 0 radical (unpaired) electrons. The minimum atomic E-state index is 0.695. The predicted octanol–water partition coefficient (Wildman–Crippen LogP) is 4.36. The van der Waals surface area contributed by atoms with Gasteiger partial charge in [0, 0.05) is 23.0 Å². The molecule has 0 aliphatic heterocycles. The van der Waals surface area contributed by atoms with Crippen molar-refractivity contribution < 1.29 is 4.74 Å². The van der Waals surface area contributed by atoms with E-state index in [0.29, 0.717) is 10.8 Å². The van der Waals surface area contributed by atoms with Crippen molar-refractivity contribution in [3.05, 3.63) is 33.8 Å². The Hall–Kier alpha value is -1.30. The summed E-state index contributed by atoms with van der Waals surface area (Å²) in [4.78, 5) is 4.56. The van der Waals surface area contributed by atoms with Gasteiger partial charge in [-0.2, -0.15) is 0 Å². The van der Waals surface area contributed by atoms with Crippen LogP contribution in [0.5, 0.6) is 5.75 Å². The Morgan fingerprint density at radius 2 is 2.19 bits per heavy atom. The number of methoxy groups -OCH3 is 1. The van der Waals surface area contributed by atoms with E-state index in [1.807, 2.05) is 19.1 Å². The molecule has 21 heavy (non-hydrogen) atoms. The molecule has 2 N–H and O–H groups in total. The van der Waals surface area contributed by atoms with E-state index >= 15 is 0 Å². The molecule has 114 valence electrons. The first-order valence-electron chi connectivity index (χ1n) is 6.90. The largest absolute Gasteiger partial charge is 0.495 e. The minimum Gasteiger partial charge on any atom is -0.495 e. The lowest BCUT2D eigenvalue weighted by atomic mass is 10.2. The van der Waals surface area contributed by atoms with Crippen LogP contribution in [-0.2, 0) is 6.54 Å². The van der Waals surface area contributed by atoms with Crippen molar-refractivity contribution in [2.75, 3.05) is 19.0 Å². The highest BCUT2D eigenvalue weighted by Crippen LogP contribution is 2.33.